The third kappa shape index (κ3) is 21700. The molecule has 0 atom stereocenters. The molecule has 1 heteroatoms. The van der Waals surface area contributed by atoms with Gasteiger partial charge in [0.1, 0.15) is 0 Å². The average Bonchev–Trinajstić information content (AvgIpc) is 1.39. The molecular formula is C5H14O. The number of aliphatic hydroxyl groups excluding tert-OH is 1. The van der Waals surface area contributed by atoms with Gasteiger partial charge in [-0.2, -0.15) is 0 Å². The van der Waals surface area contributed by atoms with E-state index in [1.165, 1.54) is 6.42 Å². The summed E-state index contributed by atoms with van der Waals surface area (Å²) >= 11 is 0. The first kappa shape index (κ1) is 9.35. The van der Waals surface area contributed by atoms with Crippen molar-refractivity contribution in [2.75, 3.05) is 6.61 Å². The van der Waals surface area contributed by atoms with E-state index in [-0.39, 0.29) is 6.61 Å². The highest BCUT2D eigenvalue weighted by Crippen LogP contribution is 1.56. The van der Waals surface area contributed by atoms with E-state index in [0.29, 0.717) is 0 Å². The van der Waals surface area contributed by atoms with E-state index in [0.717, 1.165) is 0 Å². The van der Waals surface area contributed by atoms with Gasteiger partial charge in [-0.25, -0.2) is 0 Å². The summed E-state index contributed by atoms with van der Waals surface area (Å²) in [6, 6.07) is 0. The minimum atomic E-state index is 0.250. The standard InChI is InChI=1S/C3H8.C2H6O/c1-3-2;1-2-3/h3H2,1-2H3;3H,2H2,1H3. The Balaban J connectivity index is 0. The Kier molecular flexibility index (Phi) is 31.6. The molecule has 40 valence electrons. The van der Waals surface area contributed by atoms with Crippen molar-refractivity contribution in [3.05, 3.63) is 0 Å². The molecule has 0 unspecified atom stereocenters. The fourth-order valence-corrected chi connectivity index (χ4v) is 0. The predicted octanol–water partition coefficient (Wildman–Crippen LogP) is 1.41. The largest absolute Gasteiger partial charge is 0.397 e. The van der Waals surface area contributed by atoms with Crippen molar-refractivity contribution in [2.45, 2.75) is 27.2 Å². The topological polar surface area (TPSA) is 20.2 Å². The Morgan fingerprint density at radius 2 is 1.17 bits per heavy atom. The third-order valence-electron chi connectivity index (χ3n) is 0. The van der Waals surface area contributed by atoms with Gasteiger partial charge >= 0.3 is 0 Å². The lowest BCUT2D eigenvalue weighted by molar-refractivity contribution is 0.318. The van der Waals surface area contributed by atoms with Crippen molar-refractivity contribution >= 4 is 0 Å². The van der Waals surface area contributed by atoms with Crippen molar-refractivity contribution in [3.8, 4) is 0 Å². The molecule has 0 fully saturated rings. The van der Waals surface area contributed by atoms with Crippen LogP contribution in [0.15, 0.2) is 0 Å². The zero-order chi connectivity index (χ0) is 5.41. The summed E-state index contributed by atoms with van der Waals surface area (Å²) < 4.78 is 0. The second-order valence-electron chi connectivity index (χ2n) is 1.02. The second kappa shape index (κ2) is 20.2. The van der Waals surface area contributed by atoms with Crippen molar-refractivity contribution in [1.29, 1.82) is 0 Å². The molecule has 0 aromatic rings. The first-order valence-electron chi connectivity index (χ1n) is 2.44. The molecule has 0 radical (unpaired) electrons. The fourth-order valence-electron chi connectivity index (χ4n) is 0. The monoisotopic (exact) mass is 90.1 g/mol. The molecular weight excluding hydrogens is 76.1 g/mol. The molecule has 0 rings (SSSR count). The SMILES string of the molecule is CCC.CCO. The first-order chi connectivity index (χ1) is 2.83. The summed E-state index contributed by atoms with van der Waals surface area (Å²) in [7, 11) is 0. The minimum absolute atomic E-state index is 0.250. The van der Waals surface area contributed by atoms with Crippen LogP contribution in [0.4, 0.5) is 0 Å². The highest BCUT2D eigenvalue weighted by atomic mass is 16.2. The van der Waals surface area contributed by atoms with Crippen LogP contribution in [0.3, 0.4) is 0 Å². The molecule has 0 aromatic heterocycles. The van der Waals surface area contributed by atoms with Gasteiger partial charge in [-0.1, -0.05) is 20.3 Å². The van der Waals surface area contributed by atoms with Gasteiger partial charge in [0.25, 0.3) is 0 Å². The van der Waals surface area contributed by atoms with Crippen LogP contribution < -0.4 is 0 Å². The average molecular weight is 90.2 g/mol. The van der Waals surface area contributed by atoms with Crippen LogP contribution in [0.25, 0.3) is 0 Å². The highest BCUT2D eigenvalue weighted by Gasteiger charge is 1.35. The number of rotatable bonds is 0. The Labute approximate surface area is 40.0 Å². The lowest BCUT2D eigenvalue weighted by atomic mass is 10.6. The van der Waals surface area contributed by atoms with Crippen LogP contribution >= 0.6 is 0 Å². The van der Waals surface area contributed by atoms with Gasteiger partial charge in [0.05, 0.1) is 0 Å². The van der Waals surface area contributed by atoms with Gasteiger partial charge in [-0.05, 0) is 6.92 Å². The van der Waals surface area contributed by atoms with E-state index in [1.54, 1.807) is 6.92 Å². The van der Waals surface area contributed by atoms with Crippen molar-refractivity contribution in [2.24, 2.45) is 0 Å². The second-order valence-corrected chi connectivity index (χ2v) is 1.02. The molecule has 0 aliphatic heterocycles. The third-order valence-corrected chi connectivity index (χ3v) is 0. The lowest BCUT2D eigenvalue weighted by Crippen LogP contribution is -1.57. The van der Waals surface area contributed by atoms with Crippen LogP contribution in [0, 0.1) is 0 Å². The number of hydrogen-bond donors (Lipinski definition) is 1. The predicted molar refractivity (Wildman–Crippen MR) is 28.7 cm³/mol. The van der Waals surface area contributed by atoms with Crippen LogP contribution in [0.5, 0.6) is 0 Å². The quantitative estimate of drug-likeness (QED) is 0.477. The Morgan fingerprint density at radius 1 is 1.17 bits per heavy atom. The molecule has 1 nitrogen and oxygen atoms in total. The zero-order valence-electron chi connectivity index (χ0n) is 4.86. The molecule has 1 N–H and O–H groups in total. The Bertz CT molecular complexity index is 5.90. The smallest absolute Gasteiger partial charge is 0.0402 e. The van der Waals surface area contributed by atoms with Crippen molar-refractivity contribution < 1.29 is 5.11 Å². The first-order valence-corrected chi connectivity index (χ1v) is 2.44. The van der Waals surface area contributed by atoms with Crippen LogP contribution in [-0.2, 0) is 0 Å². The normalized spacial score (nSPS) is 6.00. The molecule has 0 heterocycles. The summed E-state index contributed by atoms with van der Waals surface area (Å²) in [5.74, 6) is 0. The van der Waals surface area contributed by atoms with Gasteiger partial charge in [0.2, 0.25) is 0 Å². The molecule has 0 aliphatic rings. The van der Waals surface area contributed by atoms with E-state index >= 15 is 0 Å². The maximum atomic E-state index is 7.57. The molecule has 0 aromatic carbocycles. The summed E-state index contributed by atoms with van der Waals surface area (Å²) in [6.45, 7) is 6.18. The number of hydrogen-bond acceptors (Lipinski definition) is 1. The van der Waals surface area contributed by atoms with Gasteiger partial charge in [0, 0.05) is 6.61 Å². The molecule has 0 amide bonds. The Hall–Kier alpha value is -0.0400. The van der Waals surface area contributed by atoms with Crippen molar-refractivity contribution in [1.82, 2.24) is 0 Å². The van der Waals surface area contributed by atoms with Crippen LogP contribution in [-0.4, -0.2) is 11.7 Å². The van der Waals surface area contributed by atoms with E-state index in [4.69, 9.17) is 5.11 Å². The molecule has 0 saturated heterocycles. The van der Waals surface area contributed by atoms with E-state index < -0.39 is 0 Å². The summed E-state index contributed by atoms with van der Waals surface area (Å²) in [5.41, 5.74) is 0. The molecule has 0 bridgehead atoms. The van der Waals surface area contributed by atoms with E-state index in [1.807, 2.05) is 0 Å². The maximum absolute atomic E-state index is 7.57. The van der Waals surface area contributed by atoms with Crippen LogP contribution in [0.1, 0.15) is 27.2 Å². The fraction of sp³-hybridized carbons (Fsp3) is 1.00. The van der Waals surface area contributed by atoms with Gasteiger partial charge < -0.3 is 5.11 Å². The summed E-state index contributed by atoms with van der Waals surface area (Å²) in [6.07, 6.45) is 1.25. The van der Waals surface area contributed by atoms with Crippen LogP contribution in [0.2, 0.25) is 0 Å². The summed E-state index contributed by atoms with van der Waals surface area (Å²) in [4.78, 5) is 0. The number of aliphatic hydroxyl groups is 1. The van der Waals surface area contributed by atoms with Crippen molar-refractivity contribution in [3.63, 3.8) is 0 Å². The Morgan fingerprint density at radius 3 is 1.17 bits per heavy atom. The van der Waals surface area contributed by atoms with Gasteiger partial charge in [-0.3, -0.25) is 0 Å². The molecule has 0 saturated carbocycles. The minimum Gasteiger partial charge on any atom is -0.397 e. The molecule has 0 aliphatic carbocycles. The molecule has 6 heavy (non-hydrogen) atoms. The lowest BCUT2D eigenvalue weighted by Gasteiger charge is -1.52. The van der Waals surface area contributed by atoms with Gasteiger partial charge in [-0.15, -0.1) is 0 Å². The van der Waals surface area contributed by atoms with Gasteiger partial charge in [0.15, 0.2) is 0 Å². The van der Waals surface area contributed by atoms with E-state index in [2.05, 4.69) is 13.8 Å². The summed E-state index contributed by atoms with van der Waals surface area (Å²) in [5, 5.41) is 7.57. The maximum Gasteiger partial charge on any atom is 0.0402 e. The highest BCUT2D eigenvalue weighted by molar-refractivity contribution is 3.92. The van der Waals surface area contributed by atoms with E-state index in [9.17, 15) is 0 Å². The molecule has 0 spiro atoms. The zero-order valence-corrected chi connectivity index (χ0v) is 4.86.